The van der Waals surface area contributed by atoms with Gasteiger partial charge >= 0.3 is 5.97 Å². The van der Waals surface area contributed by atoms with Gasteiger partial charge in [-0.3, -0.25) is 10.1 Å². The van der Waals surface area contributed by atoms with Crippen LogP contribution in [-0.4, -0.2) is 68.6 Å². The predicted molar refractivity (Wildman–Crippen MR) is 163 cm³/mol. The number of carbonyl (C=O) groups excluding carboxylic acids is 1. The third kappa shape index (κ3) is 5.55. The fourth-order valence-corrected chi connectivity index (χ4v) is 7.49. The zero-order valence-electron chi connectivity index (χ0n) is 24.1. The van der Waals surface area contributed by atoms with E-state index < -0.39 is 28.3 Å². The van der Waals surface area contributed by atoms with Gasteiger partial charge in [0.15, 0.2) is 0 Å². The number of nitrogens with one attached hydrogen (secondary N) is 1. The van der Waals surface area contributed by atoms with E-state index in [1.54, 1.807) is 11.8 Å². The number of β-lactam (4-membered cyclic amide) rings is 1. The molecule has 3 atom stereocenters. The molecule has 2 aliphatic rings. The molecule has 1 unspecified atom stereocenters. The van der Waals surface area contributed by atoms with Crippen LogP contribution in [0.1, 0.15) is 51.3 Å². The van der Waals surface area contributed by atoms with Gasteiger partial charge in [0.05, 0.1) is 5.54 Å². The molecule has 0 spiro atoms. The molecule has 6 nitrogen and oxygen atoms in total. The smallest absolute Gasteiger partial charge is 0.327 e. The van der Waals surface area contributed by atoms with Gasteiger partial charge in [-0.15, -0.1) is 11.8 Å². The number of carboxylic acids is 1. The lowest BCUT2D eigenvalue weighted by Crippen LogP contribution is -2.72. The molecule has 2 fully saturated rings. The maximum atomic E-state index is 13.4. The second-order valence-corrected chi connectivity index (χ2v) is 12.5. The predicted octanol–water partition coefficient (Wildman–Crippen LogP) is 5.43. The summed E-state index contributed by atoms with van der Waals surface area (Å²) in [5.74, 6) is -1.13. The van der Waals surface area contributed by atoms with E-state index in [0.29, 0.717) is 0 Å². The minimum absolute atomic E-state index is 0.169. The van der Waals surface area contributed by atoms with Crippen molar-refractivity contribution < 1.29 is 14.7 Å². The molecule has 3 aromatic rings. The Kier molecular flexibility index (Phi) is 9.39. The van der Waals surface area contributed by atoms with Crippen LogP contribution in [0.5, 0.6) is 0 Å². The molecule has 2 saturated heterocycles. The average molecular weight is 560 g/mol. The van der Waals surface area contributed by atoms with Crippen LogP contribution in [0, 0.1) is 0 Å². The lowest BCUT2D eigenvalue weighted by atomic mass is 9.76. The summed E-state index contributed by atoms with van der Waals surface area (Å²) in [4.78, 5) is 29.3. The van der Waals surface area contributed by atoms with Crippen molar-refractivity contribution in [3.63, 3.8) is 0 Å². The van der Waals surface area contributed by atoms with E-state index in [0.717, 1.165) is 16.7 Å². The lowest BCUT2D eigenvalue weighted by Gasteiger charge is -2.49. The highest BCUT2D eigenvalue weighted by atomic mass is 32.2. The van der Waals surface area contributed by atoms with E-state index in [2.05, 4.69) is 67.4 Å². The second kappa shape index (κ2) is 12.6. The Balaban J connectivity index is 0.000000470. The second-order valence-electron chi connectivity index (χ2n) is 10.7. The highest BCUT2D eigenvalue weighted by Gasteiger charge is 2.65. The number of hydrogen-bond donors (Lipinski definition) is 2. The van der Waals surface area contributed by atoms with Crippen LogP contribution in [0.25, 0.3) is 0 Å². The van der Waals surface area contributed by atoms with Gasteiger partial charge in [0, 0.05) is 4.75 Å². The molecule has 0 aliphatic carbocycles. The van der Waals surface area contributed by atoms with E-state index in [1.165, 1.54) is 24.5 Å². The molecule has 0 bridgehead atoms. The van der Waals surface area contributed by atoms with Crippen LogP contribution in [0.3, 0.4) is 0 Å². The van der Waals surface area contributed by atoms with E-state index in [1.807, 2.05) is 68.4 Å². The van der Waals surface area contributed by atoms with Gasteiger partial charge in [0.25, 0.3) is 0 Å². The third-order valence-corrected chi connectivity index (χ3v) is 9.58. The summed E-state index contributed by atoms with van der Waals surface area (Å²) < 4.78 is -0.572. The summed E-state index contributed by atoms with van der Waals surface area (Å²) in [6.07, 6.45) is 0. The quantitative estimate of drug-likeness (QED) is 0.269. The third-order valence-electron chi connectivity index (χ3n) is 8.01. The summed E-state index contributed by atoms with van der Waals surface area (Å²) in [6.45, 7) is 13.9. The van der Waals surface area contributed by atoms with Gasteiger partial charge in [0.2, 0.25) is 5.91 Å². The molecule has 2 N–H and O–H groups in total. The normalized spacial score (nSPS) is 21.3. The maximum Gasteiger partial charge on any atom is 0.327 e. The van der Waals surface area contributed by atoms with Crippen molar-refractivity contribution in [1.82, 2.24) is 15.1 Å². The van der Waals surface area contributed by atoms with Crippen molar-refractivity contribution >= 4 is 23.6 Å². The number of thioether (sulfide) groups is 1. The number of benzene rings is 3. The number of rotatable bonds is 9. The number of amides is 1. The highest BCUT2D eigenvalue weighted by Crippen LogP contribution is 2.52. The molecular formula is C33H41N3O3S. The van der Waals surface area contributed by atoms with Gasteiger partial charge in [-0.1, -0.05) is 112 Å². The number of aliphatic carboxylic acids is 1. The minimum atomic E-state index is -0.956. The zero-order chi connectivity index (χ0) is 28.9. The molecule has 5 rings (SSSR count). The van der Waals surface area contributed by atoms with Gasteiger partial charge in [0.1, 0.15) is 17.5 Å². The lowest BCUT2D eigenvalue weighted by molar-refractivity contribution is -0.160. The summed E-state index contributed by atoms with van der Waals surface area (Å²) in [6, 6.07) is 29.0. The van der Waals surface area contributed by atoms with Crippen LogP contribution < -0.4 is 5.32 Å². The van der Waals surface area contributed by atoms with Crippen molar-refractivity contribution in [1.29, 1.82) is 0 Å². The topological polar surface area (TPSA) is 72.9 Å². The van der Waals surface area contributed by atoms with Crippen LogP contribution >= 0.6 is 11.8 Å². The molecule has 7 heteroatoms. The van der Waals surface area contributed by atoms with Crippen molar-refractivity contribution in [2.75, 3.05) is 19.6 Å². The van der Waals surface area contributed by atoms with E-state index in [-0.39, 0.29) is 11.3 Å². The molecule has 0 aromatic heterocycles. The standard InChI is InChI=1S/C27H26N2O3S.C6H15N/c1-26(2)22(25(31)32)29-23(30)21(24(29)33-26)28-27(18-12-6-3-7-13-18,19-14-8-4-9-15-19)20-16-10-5-11-17-20;1-4-7(5-2)6-3/h3-17,21-22,24,28H,1-2H3,(H,31,32);4-6H2,1-3H3/t21?,22-,24+;/m0./s1. The fraction of sp³-hybridized carbons (Fsp3) is 0.394. The monoisotopic (exact) mass is 559 g/mol. The minimum Gasteiger partial charge on any atom is -0.480 e. The van der Waals surface area contributed by atoms with Gasteiger partial charge in [-0.2, -0.15) is 0 Å². The Morgan fingerprint density at radius 2 is 1.25 bits per heavy atom. The summed E-state index contributed by atoms with van der Waals surface area (Å²) >= 11 is 1.55. The van der Waals surface area contributed by atoms with Crippen molar-refractivity contribution in [2.45, 2.75) is 62.4 Å². The Hall–Kier alpha value is -3.13. The number of fused-ring (bicyclic) bond motifs is 1. The first kappa shape index (κ1) is 29.8. The van der Waals surface area contributed by atoms with Gasteiger partial charge in [-0.05, 0) is 50.2 Å². The first-order valence-corrected chi connectivity index (χ1v) is 15.0. The molecule has 212 valence electrons. The number of carboxylic acid groups (broad SMARTS) is 1. The zero-order valence-corrected chi connectivity index (χ0v) is 24.9. The number of hydrogen-bond acceptors (Lipinski definition) is 5. The Bertz CT molecular complexity index is 1160. The Morgan fingerprint density at radius 3 is 1.57 bits per heavy atom. The molecule has 0 saturated carbocycles. The summed E-state index contributed by atoms with van der Waals surface area (Å²) in [5, 5.41) is 13.3. The molecule has 1 amide bonds. The van der Waals surface area contributed by atoms with Crippen LogP contribution in [0.15, 0.2) is 91.0 Å². The Morgan fingerprint density at radius 1 is 0.850 bits per heavy atom. The molecule has 0 radical (unpaired) electrons. The molecular weight excluding hydrogens is 518 g/mol. The van der Waals surface area contributed by atoms with E-state index in [4.69, 9.17) is 0 Å². The molecule has 2 heterocycles. The number of carbonyl (C=O) groups is 2. The summed E-state index contributed by atoms with van der Waals surface area (Å²) in [5.41, 5.74) is 2.28. The van der Waals surface area contributed by atoms with E-state index >= 15 is 0 Å². The highest BCUT2D eigenvalue weighted by molar-refractivity contribution is 8.01. The molecule has 40 heavy (non-hydrogen) atoms. The molecule has 3 aromatic carbocycles. The van der Waals surface area contributed by atoms with E-state index in [9.17, 15) is 14.7 Å². The van der Waals surface area contributed by atoms with Gasteiger partial charge in [-0.25, -0.2) is 4.79 Å². The maximum absolute atomic E-state index is 13.4. The first-order chi connectivity index (χ1) is 19.2. The van der Waals surface area contributed by atoms with Crippen molar-refractivity contribution in [3.8, 4) is 0 Å². The van der Waals surface area contributed by atoms with Crippen molar-refractivity contribution in [3.05, 3.63) is 108 Å². The SMILES string of the molecule is CC1(C)S[C@@H]2C(NC(c3ccccc3)(c3ccccc3)c3ccccc3)C(=O)N2[C@H]1C(=O)O.CCN(CC)CC. The van der Waals surface area contributed by atoms with Crippen LogP contribution in [0.4, 0.5) is 0 Å². The Labute approximate surface area is 242 Å². The van der Waals surface area contributed by atoms with Gasteiger partial charge < -0.3 is 14.9 Å². The summed E-state index contributed by atoms with van der Waals surface area (Å²) in [7, 11) is 0. The fourth-order valence-electron chi connectivity index (χ4n) is 5.86. The molecule has 2 aliphatic heterocycles. The first-order valence-electron chi connectivity index (χ1n) is 14.1. The van der Waals surface area contributed by atoms with Crippen LogP contribution in [0.2, 0.25) is 0 Å². The average Bonchev–Trinajstić information content (AvgIpc) is 3.24. The van der Waals surface area contributed by atoms with Crippen molar-refractivity contribution in [2.24, 2.45) is 0 Å². The number of nitrogens with zero attached hydrogens (tertiary/aromatic N) is 2. The van der Waals surface area contributed by atoms with Crippen LogP contribution in [-0.2, 0) is 15.1 Å². The largest absolute Gasteiger partial charge is 0.480 e.